The summed E-state index contributed by atoms with van der Waals surface area (Å²) in [4.78, 5) is 26.6. The van der Waals surface area contributed by atoms with Crippen LogP contribution in [0.3, 0.4) is 0 Å². The largest absolute Gasteiger partial charge is 0.492 e. The first-order valence-electron chi connectivity index (χ1n) is 9.55. The van der Waals surface area contributed by atoms with Gasteiger partial charge >= 0.3 is 0 Å². The highest BCUT2D eigenvalue weighted by atomic mass is 32.2. The van der Waals surface area contributed by atoms with Crippen molar-refractivity contribution in [3.05, 3.63) is 54.1 Å². The second-order valence-electron chi connectivity index (χ2n) is 7.10. The van der Waals surface area contributed by atoms with E-state index in [1.54, 1.807) is 16.7 Å². The van der Waals surface area contributed by atoms with E-state index in [9.17, 15) is 9.59 Å². The molecule has 148 valence electrons. The van der Waals surface area contributed by atoms with Gasteiger partial charge in [0.15, 0.2) is 0 Å². The second kappa shape index (κ2) is 9.15. The molecule has 3 rings (SSSR count). The van der Waals surface area contributed by atoms with Crippen molar-refractivity contribution in [3.8, 4) is 5.75 Å². The predicted octanol–water partition coefficient (Wildman–Crippen LogP) is 4.85. The molecule has 1 aliphatic heterocycles. The van der Waals surface area contributed by atoms with Crippen LogP contribution in [0.25, 0.3) is 0 Å². The first kappa shape index (κ1) is 20.3. The van der Waals surface area contributed by atoms with Gasteiger partial charge in [-0.05, 0) is 42.7 Å². The number of benzene rings is 2. The second-order valence-corrected chi connectivity index (χ2v) is 8.17. The van der Waals surface area contributed by atoms with E-state index in [2.05, 4.69) is 5.32 Å². The third-order valence-corrected chi connectivity index (χ3v) is 5.55. The third-order valence-electron chi connectivity index (χ3n) is 4.34. The van der Waals surface area contributed by atoms with Crippen LogP contribution in [0, 0.1) is 5.92 Å². The maximum atomic E-state index is 12.7. The molecule has 1 aliphatic rings. The fourth-order valence-corrected chi connectivity index (χ4v) is 4.38. The fourth-order valence-electron chi connectivity index (χ4n) is 3.22. The first-order chi connectivity index (χ1) is 13.5. The van der Waals surface area contributed by atoms with Gasteiger partial charge in [-0.15, -0.1) is 11.8 Å². The van der Waals surface area contributed by atoms with Gasteiger partial charge in [0, 0.05) is 12.1 Å². The summed E-state index contributed by atoms with van der Waals surface area (Å²) in [5, 5.41) is 2.80. The minimum absolute atomic E-state index is 0.000786. The van der Waals surface area contributed by atoms with Crippen molar-refractivity contribution in [2.75, 3.05) is 22.6 Å². The van der Waals surface area contributed by atoms with Gasteiger partial charge < -0.3 is 10.1 Å². The molecular formula is C22H26N2O3S. The summed E-state index contributed by atoms with van der Waals surface area (Å²) >= 11 is 1.58. The zero-order chi connectivity index (χ0) is 20.1. The average Bonchev–Trinajstić information content (AvgIpc) is 3.03. The molecule has 1 saturated heterocycles. The Hall–Kier alpha value is -2.47. The molecule has 0 saturated carbocycles. The standard InChI is InChI=1S/C22H26N2O3S/c1-4-27-19-11-6-5-10-18(19)24-21(26)14-28-22(24)16-8-7-9-17(13-16)23-20(25)12-15(2)3/h5-11,13,15,22H,4,12,14H2,1-3H3,(H,23,25)/t22-/m0/s1. The van der Waals surface area contributed by atoms with Crippen LogP contribution in [0.4, 0.5) is 11.4 Å². The fraction of sp³-hybridized carbons (Fsp3) is 0.364. The molecule has 1 N–H and O–H groups in total. The number of hydrogen-bond donors (Lipinski definition) is 1. The number of carbonyl (C=O) groups excluding carboxylic acids is 2. The number of rotatable bonds is 7. The lowest BCUT2D eigenvalue weighted by Crippen LogP contribution is -2.28. The van der Waals surface area contributed by atoms with E-state index in [0.29, 0.717) is 30.4 Å². The van der Waals surface area contributed by atoms with E-state index in [1.807, 2.05) is 69.3 Å². The molecule has 1 atom stereocenters. The van der Waals surface area contributed by atoms with Crippen LogP contribution in [-0.4, -0.2) is 24.2 Å². The zero-order valence-corrected chi connectivity index (χ0v) is 17.3. The van der Waals surface area contributed by atoms with Crippen LogP contribution in [-0.2, 0) is 9.59 Å². The number of ether oxygens (including phenoxy) is 1. The topological polar surface area (TPSA) is 58.6 Å². The maximum absolute atomic E-state index is 12.7. The minimum atomic E-state index is -0.156. The number of anilines is 2. The molecule has 0 unspecified atom stereocenters. The minimum Gasteiger partial charge on any atom is -0.492 e. The number of carbonyl (C=O) groups is 2. The van der Waals surface area contributed by atoms with Gasteiger partial charge in [-0.25, -0.2) is 0 Å². The number of hydrogen-bond acceptors (Lipinski definition) is 4. The van der Waals surface area contributed by atoms with Gasteiger partial charge in [0.25, 0.3) is 0 Å². The van der Waals surface area contributed by atoms with Gasteiger partial charge in [-0.2, -0.15) is 0 Å². The molecule has 2 aromatic carbocycles. The van der Waals surface area contributed by atoms with Crippen LogP contribution in [0.2, 0.25) is 0 Å². The number of thioether (sulfide) groups is 1. The van der Waals surface area contributed by atoms with Crippen molar-refractivity contribution < 1.29 is 14.3 Å². The van der Waals surface area contributed by atoms with Crippen LogP contribution < -0.4 is 15.0 Å². The summed E-state index contributed by atoms with van der Waals surface area (Å²) < 4.78 is 5.74. The van der Waals surface area contributed by atoms with Crippen LogP contribution in [0.5, 0.6) is 5.75 Å². The highest BCUT2D eigenvalue weighted by Gasteiger charge is 2.35. The molecule has 0 radical (unpaired) electrons. The lowest BCUT2D eigenvalue weighted by atomic mass is 10.1. The van der Waals surface area contributed by atoms with E-state index in [1.165, 1.54) is 0 Å². The van der Waals surface area contributed by atoms with Crippen molar-refractivity contribution in [2.45, 2.75) is 32.6 Å². The number of nitrogens with one attached hydrogen (secondary N) is 1. The van der Waals surface area contributed by atoms with E-state index >= 15 is 0 Å². The van der Waals surface area contributed by atoms with Crippen molar-refractivity contribution in [1.29, 1.82) is 0 Å². The summed E-state index contributed by atoms with van der Waals surface area (Å²) in [6.45, 7) is 6.50. The molecule has 0 aliphatic carbocycles. The van der Waals surface area contributed by atoms with E-state index in [0.717, 1.165) is 16.9 Å². The molecule has 0 spiro atoms. The van der Waals surface area contributed by atoms with E-state index in [-0.39, 0.29) is 17.2 Å². The third kappa shape index (κ3) is 4.68. The van der Waals surface area contributed by atoms with Crippen molar-refractivity contribution >= 4 is 35.0 Å². The number of amides is 2. The Bertz CT molecular complexity index is 853. The van der Waals surface area contributed by atoms with Gasteiger partial charge in [-0.3, -0.25) is 14.5 Å². The number of nitrogens with zero attached hydrogens (tertiary/aromatic N) is 1. The zero-order valence-electron chi connectivity index (χ0n) is 16.5. The average molecular weight is 399 g/mol. The summed E-state index contributed by atoms with van der Waals surface area (Å²) in [6, 6.07) is 15.3. The predicted molar refractivity (Wildman–Crippen MR) is 115 cm³/mol. The lowest BCUT2D eigenvalue weighted by molar-refractivity contribution is -0.117. The molecule has 5 nitrogen and oxygen atoms in total. The molecule has 1 fully saturated rings. The van der Waals surface area contributed by atoms with Crippen LogP contribution in [0.15, 0.2) is 48.5 Å². The quantitative estimate of drug-likeness (QED) is 0.724. The molecule has 2 amide bonds. The Morgan fingerprint density at radius 2 is 2.04 bits per heavy atom. The van der Waals surface area contributed by atoms with Crippen molar-refractivity contribution in [3.63, 3.8) is 0 Å². The molecular weight excluding hydrogens is 372 g/mol. The molecule has 2 aromatic rings. The van der Waals surface area contributed by atoms with Crippen molar-refractivity contribution in [2.24, 2.45) is 5.92 Å². The SMILES string of the molecule is CCOc1ccccc1N1C(=O)CS[C@H]1c1cccc(NC(=O)CC(C)C)c1. The Balaban J connectivity index is 1.87. The number of para-hydroxylation sites is 2. The monoisotopic (exact) mass is 398 g/mol. The molecule has 0 aromatic heterocycles. The van der Waals surface area contributed by atoms with Gasteiger partial charge in [-0.1, -0.05) is 38.1 Å². The highest BCUT2D eigenvalue weighted by Crippen LogP contribution is 2.45. The van der Waals surface area contributed by atoms with Crippen molar-refractivity contribution in [1.82, 2.24) is 0 Å². The molecule has 1 heterocycles. The van der Waals surface area contributed by atoms with Gasteiger partial charge in [0.05, 0.1) is 18.0 Å². The van der Waals surface area contributed by atoms with E-state index in [4.69, 9.17) is 4.74 Å². The first-order valence-corrected chi connectivity index (χ1v) is 10.6. The van der Waals surface area contributed by atoms with Crippen LogP contribution in [0.1, 0.15) is 38.1 Å². The molecule has 0 bridgehead atoms. The Morgan fingerprint density at radius 3 is 2.79 bits per heavy atom. The van der Waals surface area contributed by atoms with E-state index < -0.39 is 0 Å². The summed E-state index contributed by atoms with van der Waals surface area (Å²) in [7, 11) is 0. The summed E-state index contributed by atoms with van der Waals surface area (Å²) in [6.07, 6.45) is 0.481. The van der Waals surface area contributed by atoms with Crippen LogP contribution >= 0.6 is 11.8 Å². The highest BCUT2D eigenvalue weighted by molar-refractivity contribution is 8.00. The normalized spacial score (nSPS) is 16.5. The Kier molecular flexibility index (Phi) is 6.62. The molecule has 6 heteroatoms. The van der Waals surface area contributed by atoms with Gasteiger partial charge in [0.1, 0.15) is 11.1 Å². The lowest BCUT2D eigenvalue weighted by Gasteiger charge is -2.26. The Morgan fingerprint density at radius 1 is 1.25 bits per heavy atom. The summed E-state index contributed by atoms with van der Waals surface area (Å²) in [5.74, 6) is 1.47. The smallest absolute Gasteiger partial charge is 0.238 e. The van der Waals surface area contributed by atoms with Gasteiger partial charge in [0.2, 0.25) is 11.8 Å². The molecule has 28 heavy (non-hydrogen) atoms. The summed E-state index contributed by atoms with van der Waals surface area (Å²) in [5.41, 5.74) is 2.50. The maximum Gasteiger partial charge on any atom is 0.238 e. The Labute approximate surface area is 170 Å².